The molecule has 6 nitrogen and oxygen atoms in total. The van der Waals surface area contributed by atoms with Gasteiger partial charge >= 0.3 is 0 Å². The fourth-order valence-electron chi connectivity index (χ4n) is 3.46. The lowest BCUT2D eigenvalue weighted by atomic mass is 9.83. The van der Waals surface area contributed by atoms with Crippen molar-refractivity contribution in [2.45, 2.75) is 25.9 Å². The Morgan fingerprint density at radius 1 is 1.21 bits per heavy atom. The maximum Gasteiger partial charge on any atom is 0.244 e. The number of benzene rings is 2. The van der Waals surface area contributed by atoms with Gasteiger partial charge in [0.25, 0.3) is 0 Å². The van der Waals surface area contributed by atoms with Crippen LogP contribution in [0.2, 0.25) is 0 Å². The number of rotatable bonds is 4. The van der Waals surface area contributed by atoms with E-state index in [1.54, 1.807) is 0 Å². The summed E-state index contributed by atoms with van der Waals surface area (Å²) in [6.07, 6.45) is 0.0975. The van der Waals surface area contributed by atoms with Crippen LogP contribution in [-0.2, 0) is 0 Å². The van der Waals surface area contributed by atoms with Crippen LogP contribution in [-0.4, -0.2) is 16.3 Å². The van der Waals surface area contributed by atoms with Crippen molar-refractivity contribution in [3.63, 3.8) is 0 Å². The van der Waals surface area contributed by atoms with Gasteiger partial charge in [-0.2, -0.15) is 5.26 Å². The minimum Gasteiger partial charge on any atom is -0.491 e. The zero-order chi connectivity index (χ0) is 20.5. The van der Waals surface area contributed by atoms with Gasteiger partial charge in [0.1, 0.15) is 17.4 Å². The summed E-state index contributed by atoms with van der Waals surface area (Å²) in [5.41, 5.74) is 9.78. The van der Waals surface area contributed by atoms with E-state index in [2.05, 4.69) is 32.2 Å². The highest BCUT2D eigenvalue weighted by Gasteiger charge is 2.36. The van der Waals surface area contributed by atoms with Crippen molar-refractivity contribution in [2.24, 2.45) is 5.73 Å². The second-order valence-electron chi connectivity index (χ2n) is 6.95. The molecule has 0 saturated heterocycles. The molecule has 0 bridgehead atoms. The van der Waals surface area contributed by atoms with E-state index in [0.717, 1.165) is 32.6 Å². The van der Waals surface area contributed by atoms with Crippen LogP contribution in [0.15, 0.2) is 64.5 Å². The van der Waals surface area contributed by atoms with Gasteiger partial charge in [-0.25, -0.2) is 0 Å². The van der Waals surface area contributed by atoms with E-state index < -0.39 is 5.92 Å². The maximum absolute atomic E-state index is 9.80. The Kier molecular flexibility index (Phi) is 5.03. The van der Waals surface area contributed by atoms with Crippen molar-refractivity contribution in [3.8, 4) is 29.0 Å². The van der Waals surface area contributed by atoms with Crippen LogP contribution in [0.25, 0.3) is 11.3 Å². The zero-order valence-electron chi connectivity index (χ0n) is 15.9. The fourth-order valence-corrected chi connectivity index (χ4v) is 3.97. The minimum atomic E-state index is -0.403. The standard InChI is InChI=1S/C22H19BrN4O2/c1-12(2)28-14-9-7-13(8-10-14)20-19-18(15-5-3-4-6-17(15)23)16(11-24)21(25)29-22(19)27-26-20/h3-10,12,18H,25H2,1-2H3,(H,26,27). The smallest absolute Gasteiger partial charge is 0.244 e. The Bertz CT molecular complexity index is 1130. The summed E-state index contributed by atoms with van der Waals surface area (Å²) >= 11 is 3.60. The molecule has 1 aliphatic rings. The van der Waals surface area contributed by atoms with Crippen molar-refractivity contribution in [1.82, 2.24) is 10.2 Å². The average molecular weight is 451 g/mol. The molecule has 3 N–H and O–H groups in total. The topological polar surface area (TPSA) is 97.0 Å². The van der Waals surface area contributed by atoms with Crippen LogP contribution in [0.3, 0.4) is 0 Å². The first-order valence-corrected chi connectivity index (χ1v) is 9.96. The minimum absolute atomic E-state index is 0.0690. The lowest BCUT2D eigenvalue weighted by Gasteiger charge is -2.25. The van der Waals surface area contributed by atoms with Gasteiger partial charge in [-0.15, -0.1) is 5.10 Å². The second-order valence-corrected chi connectivity index (χ2v) is 7.81. The predicted molar refractivity (Wildman–Crippen MR) is 113 cm³/mol. The number of hydrogen-bond donors (Lipinski definition) is 2. The third-order valence-electron chi connectivity index (χ3n) is 4.67. The third-order valence-corrected chi connectivity index (χ3v) is 5.39. The molecule has 0 saturated carbocycles. The van der Waals surface area contributed by atoms with Crippen molar-refractivity contribution >= 4 is 15.9 Å². The van der Waals surface area contributed by atoms with Crippen LogP contribution in [0.4, 0.5) is 0 Å². The van der Waals surface area contributed by atoms with E-state index in [0.29, 0.717) is 11.5 Å². The van der Waals surface area contributed by atoms with Crippen LogP contribution < -0.4 is 15.2 Å². The van der Waals surface area contributed by atoms with Gasteiger partial charge in [0, 0.05) is 10.0 Å². The molecule has 4 rings (SSSR count). The first kappa shape index (κ1) is 19.1. The molecule has 1 aromatic heterocycles. The molecule has 0 spiro atoms. The summed E-state index contributed by atoms with van der Waals surface area (Å²) < 4.78 is 12.3. The highest BCUT2D eigenvalue weighted by atomic mass is 79.9. The van der Waals surface area contributed by atoms with Crippen LogP contribution in [0.5, 0.6) is 11.6 Å². The van der Waals surface area contributed by atoms with E-state index in [4.69, 9.17) is 15.2 Å². The summed E-state index contributed by atoms with van der Waals surface area (Å²) in [7, 11) is 0. The first-order chi connectivity index (χ1) is 14.0. The summed E-state index contributed by atoms with van der Waals surface area (Å²) in [5, 5.41) is 17.2. The van der Waals surface area contributed by atoms with Crippen LogP contribution >= 0.6 is 15.9 Å². The molecule has 1 unspecified atom stereocenters. The van der Waals surface area contributed by atoms with E-state index in [9.17, 15) is 5.26 Å². The monoisotopic (exact) mass is 450 g/mol. The highest BCUT2D eigenvalue weighted by molar-refractivity contribution is 9.10. The fraction of sp³-hybridized carbons (Fsp3) is 0.182. The van der Waals surface area contributed by atoms with E-state index in [-0.39, 0.29) is 12.0 Å². The maximum atomic E-state index is 9.80. The largest absolute Gasteiger partial charge is 0.491 e. The van der Waals surface area contributed by atoms with Crippen molar-refractivity contribution in [3.05, 3.63) is 75.6 Å². The summed E-state index contributed by atoms with van der Waals surface area (Å²) in [5.74, 6) is 0.830. The molecule has 3 aromatic rings. The predicted octanol–water partition coefficient (Wildman–Crippen LogP) is 4.84. The molecular formula is C22H19BrN4O2. The Hall–Kier alpha value is -3.24. The average Bonchev–Trinajstić information content (AvgIpc) is 3.11. The van der Waals surface area contributed by atoms with Gasteiger partial charge in [0.15, 0.2) is 0 Å². The second kappa shape index (κ2) is 7.64. The Labute approximate surface area is 177 Å². The molecule has 0 amide bonds. The van der Waals surface area contributed by atoms with E-state index in [1.165, 1.54) is 0 Å². The van der Waals surface area contributed by atoms with Crippen molar-refractivity contribution in [1.29, 1.82) is 5.26 Å². The molecule has 146 valence electrons. The van der Waals surface area contributed by atoms with Gasteiger partial charge < -0.3 is 15.2 Å². The molecule has 2 heterocycles. The molecule has 7 heteroatoms. The van der Waals surface area contributed by atoms with E-state index in [1.807, 2.05) is 62.4 Å². The van der Waals surface area contributed by atoms with Gasteiger partial charge in [0.05, 0.1) is 23.3 Å². The Balaban J connectivity index is 1.85. The summed E-state index contributed by atoms with van der Waals surface area (Å²) in [6.45, 7) is 3.97. The Morgan fingerprint density at radius 2 is 1.93 bits per heavy atom. The zero-order valence-corrected chi connectivity index (χ0v) is 17.5. The summed E-state index contributed by atoms with van der Waals surface area (Å²) in [4.78, 5) is 0. The number of allylic oxidation sites excluding steroid dienone is 1. The number of hydrogen-bond acceptors (Lipinski definition) is 5. The number of aromatic nitrogens is 2. The number of nitrogens with two attached hydrogens (primary N) is 1. The molecule has 1 aliphatic heterocycles. The SMILES string of the molecule is CC(C)Oc1ccc(-c2[nH]nc3c2C(c2ccccc2Br)C(C#N)=C(N)O3)cc1. The normalized spacial score (nSPS) is 15.6. The molecule has 2 aromatic carbocycles. The van der Waals surface area contributed by atoms with Crippen LogP contribution in [0.1, 0.15) is 30.9 Å². The van der Waals surface area contributed by atoms with Gasteiger partial charge in [-0.05, 0) is 49.7 Å². The van der Waals surface area contributed by atoms with Crippen molar-refractivity contribution < 1.29 is 9.47 Å². The molecule has 0 aliphatic carbocycles. The lowest BCUT2D eigenvalue weighted by molar-refractivity contribution is 0.242. The van der Waals surface area contributed by atoms with Gasteiger partial charge in [-0.3, -0.25) is 5.10 Å². The highest BCUT2D eigenvalue weighted by Crippen LogP contribution is 2.47. The number of nitrogens with zero attached hydrogens (tertiary/aromatic N) is 2. The molecule has 1 atom stereocenters. The van der Waals surface area contributed by atoms with Gasteiger partial charge in [-0.1, -0.05) is 34.1 Å². The number of halogens is 1. The molecule has 0 fully saturated rings. The quantitative estimate of drug-likeness (QED) is 0.592. The Morgan fingerprint density at radius 3 is 2.59 bits per heavy atom. The van der Waals surface area contributed by atoms with Gasteiger partial charge in [0.2, 0.25) is 11.8 Å². The number of nitriles is 1. The summed E-state index contributed by atoms with van der Waals surface area (Å²) in [6, 6.07) is 17.7. The number of aromatic amines is 1. The number of H-pyrrole nitrogens is 1. The lowest BCUT2D eigenvalue weighted by Crippen LogP contribution is -2.21. The number of nitrogens with one attached hydrogen (secondary N) is 1. The van der Waals surface area contributed by atoms with Crippen molar-refractivity contribution in [2.75, 3.05) is 0 Å². The number of ether oxygens (including phenoxy) is 2. The first-order valence-electron chi connectivity index (χ1n) is 9.17. The molecule has 0 radical (unpaired) electrons. The third kappa shape index (κ3) is 3.47. The molecule has 29 heavy (non-hydrogen) atoms. The molecular weight excluding hydrogens is 432 g/mol. The van der Waals surface area contributed by atoms with E-state index >= 15 is 0 Å². The van der Waals surface area contributed by atoms with Crippen LogP contribution in [0, 0.1) is 11.3 Å². The number of fused-ring (bicyclic) bond motifs is 1.